The first kappa shape index (κ1) is 40.2. The number of amides is 3. The molecule has 12 nitrogen and oxygen atoms in total. The van der Waals surface area contributed by atoms with Gasteiger partial charge in [-0.15, -0.1) is 0 Å². The second-order valence-electron chi connectivity index (χ2n) is 15.6. The minimum Gasteiger partial charge on any atom is -0.468 e. The van der Waals surface area contributed by atoms with Gasteiger partial charge in [0.05, 0.1) is 29.1 Å². The maximum atomic E-state index is 14.1. The Hall–Kier alpha value is -3.62. The first-order chi connectivity index (χ1) is 23.8. The number of aromatic nitrogens is 1. The zero-order valence-corrected chi connectivity index (χ0v) is 31.3. The number of piperidine rings is 1. The first-order valence-corrected chi connectivity index (χ1v) is 19.5. The molecular formula is C37H54FN5O7S. The van der Waals surface area contributed by atoms with Crippen LogP contribution in [0.1, 0.15) is 72.3 Å². The second-order valence-corrected chi connectivity index (χ2v) is 18.2. The third-order valence-corrected chi connectivity index (χ3v) is 12.2. The number of hydrogen-bond acceptors (Lipinski definition) is 9. The number of carbonyl (C=O) groups excluding carboxylic acids is 3. The van der Waals surface area contributed by atoms with E-state index in [1.807, 2.05) is 56.0 Å². The highest BCUT2D eigenvalue weighted by atomic mass is 32.2. The van der Waals surface area contributed by atoms with Crippen molar-refractivity contribution in [3.8, 4) is 5.88 Å². The lowest BCUT2D eigenvalue weighted by molar-refractivity contribution is -0.133. The summed E-state index contributed by atoms with van der Waals surface area (Å²) in [5.41, 5.74) is 0.374. The highest BCUT2D eigenvalue weighted by molar-refractivity contribution is 7.92. The number of nitrogens with one attached hydrogen (secondary N) is 3. The summed E-state index contributed by atoms with van der Waals surface area (Å²) in [7, 11) is -3.93. The molecule has 0 radical (unpaired) electrons. The summed E-state index contributed by atoms with van der Waals surface area (Å²) in [6.45, 7) is 8.58. The molecule has 282 valence electrons. The molecule has 1 aromatic carbocycles. The zero-order valence-electron chi connectivity index (χ0n) is 30.5. The number of likely N-dealkylation sites (tertiary alicyclic amines) is 1. The number of pyridine rings is 1. The molecule has 6 atom stereocenters. The van der Waals surface area contributed by atoms with E-state index in [-0.39, 0.29) is 24.8 Å². The van der Waals surface area contributed by atoms with Gasteiger partial charge in [0.2, 0.25) is 17.7 Å². The summed E-state index contributed by atoms with van der Waals surface area (Å²) in [5.74, 6) is -1.52. The molecule has 14 heteroatoms. The van der Waals surface area contributed by atoms with E-state index in [0.29, 0.717) is 24.8 Å². The monoisotopic (exact) mass is 731 g/mol. The average Bonchev–Trinajstić information content (AvgIpc) is 3.05. The Morgan fingerprint density at radius 2 is 1.69 bits per heavy atom. The van der Waals surface area contributed by atoms with Crippen molar-refractivity contribution in [3.05, 3.63) is 60.0 Å². The summed E-state index contributed by atoms with van der Waals surface area (Å²) in [6.07, 6.45) is 6.01. The van der Waals surface area contributed by atoms with Crippen molar-refractivity contribution in [1.82, 2.24) is 25.8 Å². The number of halogens is 1. The second kappa shape index (κ2) is 16.8. The van der Waals surface area contributed by atoms with Crippen LogP contribution in [0, 0.1) is 17.7 Å². The van der Waals surface area contributed by atoms with Crippen LogP contribution >= 0.6 is 0 Å². The number of ether oxygens (including phenoxy) is 1. The van der Waals surface area contributed by atoms with Crippen molar-refractivity contribution < 1.29 is 37.0 Å². The number of β-amino-alcohol motifs (C(OH)–C–C–N with tert-alkyl or cyclic N) is 1. The van der Waals surface area contributed by atoms with Crippen molar-refractivity contribution in [2.24, 2.45) is 11.8 Å². The number of hydrogen-bond donors (Lipinski definition) is 4. The Morgan fingerprint density at radius 1 is 1.02 bits per heavy atom. The van der Waals surface area contributed by atoms with Crippen molar-refractivity contribution in [2.45, 2.75) is 108 Å². The van der Waals surface area contributed by atoms with E-state index in [0.717, 1.165) is 49.8 Å². The lowest BCUT2D eigenvalue weighted by atomic mass is 9.72. The minimum absolute atomic E-state index is 0.0345. The molecular weight excluding hydrogens is 678 g/mol. The lowest BCUT2D eigenvalue weighted by Gasteiger charge is -2.47. The molecule has 2 heterocycles. The van der Waals surface area contributed by atoms with Crippen LogP contribution in [-0.2, 0) is 30.6 Å². The van der Waals surface area contributed by atoms with Crippen LogP contribution in [0.15, 0.2) is 48.7 Å². The van der Waals surface area contributed by atoms with Crippen molar-refractivity contribution in [2.75, 3.05) is 26.0 Å². The zero-order chi connectivity index (χ0) is 37.6. The lowest BCUT2D eigenvalue weighted by Crippen LogP contribution is -2.64. The van der Waals surface area contributed by atoms with Gasteiger partial charge in [-0.25, -0.2) is 17.8 Å². The van der Waals surface area contributed by atoms with Crippen LogP contribution < -0.4 is 20.7 Å². The van der Waals surface area contributed by atoms with E-state index in [1.165, 1.54) is 19.9 Å². The SMILES string of the molecule is CC(C)(C)NC(=O)[C@@H]1C[C@@H]2CCCC[C@@H]2CN1C[C@@H](O)[C@H](Cc1ccccc1)NC(=O)[C@@H](NC(=O)COc1ccc(F)cn1)C(C)(C)S(C)(=O)=O. The van der Waals surface area contributed by atoms with Crippen LogP contribution in [0.2, 0.25) is 0 Å². The Morgan fingerprint density at radius 3 is 2.29 bits per heavy atom. The van der Waals surface area contributed by atoms with E-state index >= 15 is 0 Å². The number of rotatable bonds is 14. The summed E-state index contributed by atoms with van der Waals surface area (Å²) in [4.78, 5) is 46.6. The standard InChI is InChI=1S/C37H54FN5O7S/c1-36(2,3)42-34(46)29-19-25-14-10-11-15-26(25)21-43(29)22-30(44)28(18-24-12-8-7-9-13-24)40-35(47)33(37(4,5)51(6,48)49)41-31(45)23-50-32-17-16-27(38)20-39-32/h7-9,12-13,16-17,20,25-26,28-30,33,44H,10-11,14-15,18-19,21-23H2,1-6H3,(H,40,47)(H,41,45)(H,42,46)/t25-,26+,28-,29-,30+,33+/m0/s1. The average molecular weight is 732 g/mol. The molecule has 1 aliphatic heterocycles. The number of sulfone groups is 1. The Balaban J connectivity index is 1.58. The molecule has 0 bridgehead atoms. The van der Waals surface area contributed by atoms with E-state index in [2.05, 4.69) is 20.9 Å². The number of aliphatic hydroxyl groups excluding tert-OH is 1. The van der Waals surface area contributed by atoms with Gasteiger partial charge >= 0.3 is 0 Å². The van der Waals surface area contributed by atoms with Crippen molar-refractivity contribution in [1.29, 1.82) is 0 Å². The van der Waals surface area contributed by atoms with Crippen molar-refractivity contribution >= 4 is 27.6 Å². The molecule has 0 spiro atoms. The van der Waals surface area contributed by atoms with Gasteiger partial charge in [0.25, 0.3) is 5.91 Å². The maximum absolute atomic E-state index is 14.1. The summed E-state index contributed by atoms with van der Waals surface area (Å²) < 4.78 is 42.8. The fourth-order valence-corrected chi connectivity index (χ4v) is 7.56. The van der Waals surface area contributed by atoms with Gasteiger partial charge in [-0.3, -0.25) is 19.3 Å². The number of carbonyl (C=O) groups is 3. The predicted molar refractivity (Wildman–Crippen MR) is 192 cm³/mol. The van der Waals surface area contributed by atoms with Gasteiger partial charge in [-0.1, -0.05) is 49.6 Å². The third-order valence-electron chi connectivity index (χ3n) is 10.1. The molecule has 2 aliphatic rings. The van der Waals surface area contributed by atoms with Crippen LogP contribution in [0.25, 0.3) is 0 Å². The summed E-state index contributed by atoms with van der Waals surface area (Å²) >= 11 is 0. The van der Waals surface area contributed by atoms with Crippen LogP contribution in [0.4, 0.5) is 4.39 Å². The van der Waals surface area contributed by atoms with Gasteiger partial charge in [-0.2, -0.15) is 0 Å². The quantitative estimate of drug-likeness (QED) is 0.229. The Bertz CT molecular complexity index is 1600. The predicted octanol–water partition coefficient (Wildman–Crippen LogP) is 2.79. The topological polar surface area (TPSA) is 167 Å². The van der Waals surface area contributed by atoms with E-state index in [1.54, 1.807) is 0 Å². The summed E-state index contributed by atoms with van der Waals surface area (Å²) in [6, 6.07) is 8.64. The highest BCUT2D eigenvalue weighted by Gasteiger charge is 2.46. The van der Waals surface area contributed by atoms with E-state index in [9.17, 15) is 32.3 Å². The smallest absolute Gasteiger partial charge is 0.258 e. The molecule has 0 unspecified atom stereocenters. The molecule has 51 heavy (non-hydrogen) atoms. The van der Waals surface area contributed by atoms with Crippen LogP contribution in [0.3, 0.4) is 0 Å². The third kappa shape index (κ3) is 11.2. The summed E-state index contributed by atoms with van der Waals surface area (Å²) in [5, 5.41) is 20.4. The fourth-order valence-electron chi connectivity index (χ4n) is 6.97. The molecule has 2 aromatic rings. The number of fused-ring (bicyclic) bond motifs is 1. The van der Waals surface area contributed by atoms with E-state index < -0.39 is 68.6 Å². The molecule has 1 saturated heterocycles. The van der Waals surface area contributed by atoms with Crippen molar-refractivity contribution in [3.63, 3.8) is 0 Å². The molecule has 1 saturated carbocycles. The molecule has 1 aromatic heterocycles. The minimum atomic E-state index is -3.93. The van der Waals surface area contributed by atoms with Gasteiger partial charge in [-0.05, 0) is 77.3 Å². The number of benzene rings is 1. The van der Waals surface area contributed by atoms with E-state index in [4.69, 9.17) is 4.74 Å². The largest absolute Gasteiger partial charge is 0.468 e. The molecule has 3 amide bonds. The molecule has 2 fully saturated rings. The first-order valence-electron chi connectivity index (χ1n) is 17.7. The van der Waals surface area contributed by atoms with Gasteiger partial charge in [0, 0.05) is 31.0 Å². The highest BCUT2D eigenvalue weighted by Crippen LogP contribution is 2.39. The normalized spacial score (nSPS) is 21.8. The molecule has 1 aliphatic carbocycles. The Kier molecular flexibility index (Phi) is 13.2. The number of nitrogens with zero attached hydrogens (tertiary/aromatic N) is 2. The molecule has 4 N–H and O–H groups in total. The fraction of sp³-hybridized carbons (Fsp3) is 0.622. The number of aliphatic hydroxyl groups is 1. The van der Waals surface area contributed by atoms with Crippen LogP contribution in [0.5, 0.6) is 5.88 Å². The molecule has 4 rings (SSSR count). The van der Waals surface area contributed by atoms with Gasteiger partial charge < -0.3 is 25.8 Å². The van der Waals surface area contributed by atoms with Gasteiger partial charge in [0.1, 0.15) is 11.9 Å². The maximum Gasteiger partial charge on any atom is 0.258 e. The van der Waals surface area contributed by atoms with Gasteiger partial charge in [0.15, 0.2) is 16.4 Å². The van der Waals surface area contributed by atoms with Crippen LogP contribution in [-0.4, -0.2) is 102 Å². The Labute approximate surface area is 301 Å².